The molecule has 5 heteroatoms. The van der Waals surface area contributed by atoms with Crippen LogP contribution in [0.2, 0.25) is 0 Å². The maximum absolute atomic E-state index is 12.0. The van der Waals surface area contributed by atoms with E-state index in [4.69, 9.17) is 0 Å². The van der Waals surface area contributed by atoms with Gasteiger partial charge in [0, 0.05) is 23.4 Å². The molecule has 0 saturated carbocycles. The average molecular weight is 418 g/mol. The Kier molecular flexibility index (Phi) is 5.72. The molecule has 0 saturated heterocycles. The van der Waals surface area contributed by atoms with Crippen LogP contribution in [-0.2, 0) is 14.1 Å². The molecule has 1 atom stereocenters. The number of nitrogens with zero attached hydrogens (tertiary/aromatic N) is 2. The molecule has 0 aliphatic rings. The predicted molar refractivity (Wildman–Crippen MR) is 96.3 cm³/mol. The number of aromatic nitrogens is 2. The summed E-state index contributed by atoms with van der Waals surface area (Å²) in [5.41, 5.74) is 3.19. The number of alkyl halides is 1. The molecule has 0 aliphatic carbocycles. The van der Waals surface area contributed by atoms with Crippen LogP contribution in [-0.4, -0.2) is 9.13 Å². The summed E-state index contributed by atoms with van der Waals surface area (Å²) in [6.07, 6.45) is 6.18. The first-order valence-electron chi connectivity index (χ1n) is 7.46. The summed E-state index contributed by atoms with van der Waals surface area (Å²) in [5.74, 6) is 0. The monoisotopic (exact) mass is 416 g/mol. The minimum absolute atomic E-state index is 0.0168. The van der Waals surface area contributed by atoms with E-state index in [9.17, 15) is 4.79 Å². The molecule has 1 aromatic heterocycles. The highest BCUT2D eigenvalue weighted by Gasteiger charge is 2.16. The van der Waals surface area contributed by atoms with Gasteiger partial charge in [-0.1, -0.05) is 64.5 Å². The number of imidazole rings is 1. The average Bonchev–Trinajstić information content (AvgIpc) is 2.67. The molecule has 1 heterocycles. The molecule has 0 radical (unpaired) electrons. The van der Waals surface area contributed by atoms with Crippen molar-refractivity contribution in [2.45, 2.75) is 43.9 Å². The van der Waals surface area contributed by atoms with Crippen LogP contribution in [0, 0.1) is 0 Å². The zero-order valence-electron chi connectivity index (χ0n) is 12.8. The number of unbranched alkanes of at least 4 members (excludes halogenated alkanes) is 3. The van der Waals surface area contributed by atoms with E-state index in [1.807, 2.05) is 20.2 Å². The fourth-order valence-electron chi connectivity index (χ4n) is 2.68. The topological polar surface area (TPSA) is 26.9 Å². The molecule has 0 N–H and O–H groups in total. The highest BCUT2D eigenvalue weighted by Crippen LogP contribution is 2.36. The summed E-state index contributed by atoms with van der Waals surface area (Å²) in [4.78, 5) is 12.3. The zero-order chi connectivity index (χ0) is 15.6. The van der Waals surface area contributed by atoms with E-state index < -0.39 is 0 Å². The first kappa shape index (κ1) is 16.8. The van der Waals surface area contributed by atoms with E-state index in [0.717, 1.165) is 21.9 Å². The Morgan fingerprint density at radius 1 is 1.10 bits per heavy atom. The number of aryl methyl sites for hydroxylation is 2. The van der Waals surface area contributed by atoms with Gasteiger partial charge in [0.25, 0.3) is 0 Å². The van der Waals surface area contributed by atoms with Gasteiger partial charge in [-0.25, -0.2) is 4.79 Å². The summed E-state index contributed by atoms with van der Waals surface area (Å²) < 4.78 is 4.46. The maximum Gasteiger partial charge on any atom is 0.328 e. The minimum Gasteiger partial charge on any atom is -0.295 e. The van der Waals surface area contributed by atoms with E-state index >= 15 is 0 Å². The second-order valence-corrected chi connectivity index (χ2v) is 7.54. The van der Waals surface area contributed by atoms with Gasteiger partial charge >= 0.3 is 5.69 Å². The van der Waals surface area contributed by atoms with Gasteiger partial charge in [-0.15, -0.1) is 0 Å². The second kappa shape index (κ2) is 7.14. The van der Waals surface area contributed by atoms with E-state index in [0.29, 0.717) is 4.83 Å². The molecule has 2 aromatic rings. The molecule has 0 fully saturated rings. The number of benzene rings is 1. The predicted octanol–water partition coefficient (Wildman–Crippen LogP) is 5.05. The lowest BCUT2D eigenvalue weighted by atomic mass is 10.0. The van der Waals surface area contributed by atoms with Gasteiger partial charge < -0.3 is 0 Å². The molecule has 2 rings (SSSR count). The molecule has 0 bridgehead atoms. The van der Waals surface area contributed by atoms with Crippen molar-refractivity contribution in [3.8, 4) is 0 Å². The Bertz CT molecular complexity index is 688. The molecule has 3 nitrogen and oxygen atoms in total. The number of hydrogen-bond donors (Lipinski definition) is 0. The molecule has 21 heavy (non-hydrogen) atoms. The quantitative estimate of drug-likeness (QED) is 0.477. The Morgan fingerprint density at radius 3 is 2.33 bits per heavy atom. The van der Waals surface area contributed by atoms with E-state index in [1.165, 1.54) is 31.2 Å². The molecular formula is C16H22Br2N2O. The van der Waals surface area contributed by atoms with Crippen LogP contribution in [0.15, 0.2) is 21.4 Å². The molecule has 116 valence electrons. The highest BCUT2D eigenvalue weighted by atomic mass is 79.9. The van der Waals surface area contributed by atoms with Gasteiger partial charge in [0.1, 0.15) is 0 Å². The van der Waals surface area contributed by atoms with Gasteiger partial charge in [-0.3, -0.25) is 9.13 Å². The fraction of sp³-hybridized carbons (Fsp3) is 0.562. The van der Waals surface area contributed by atoms with Crippen molar-refractivity contribution in [2.75, 3.05) is 0 Å². The van der Waals surface area contributed by atoms with E-state index in [-0.39, 0.29) is 5.69 Å². The van der Waals surface area contributed by atoms with Gasteiger partial charge in [0.15, 0.2) is 0 Å². The molecule has 0 aliphatic heterocycles. The summed E-state index contributed by atoms with van der Waals surface area (Å²) in [6.45, 7) is 2.23. The summed E-state index contributed by atoms with van der Waals surface area (Å²) in [5, 5.41) is 0. The van der Waals surface area contributed by atoms with E-state index in [1.54, 1.807) is 9.13 Å². The summed E-state index contributed by atoms with van der Waals surface area (Å²) in [6, 6.07) is 4.17. The van der Waals surface area contributed by atoms with Crippen LogP contribution in [0.3, 0.4) is 0 Å². The summed E-state index contributed by atoms with van der Waals surface area (Å²) in [7, 11) is 3.64. The van der Waals surface area contributed by atoms with Crippen molar-refractivity contribution < 1.29 is 0 Å². The van der Waals surface area contributed by atoms with Crippen molar-refractivity contribution in [1.29, 1.82) is 0 Å². The lowest BCUT2D eigenvalue weighted by Gasteiger charge is -2.13. The Morgan fingerprint density at radius 2 is 1.71 bits per heavy atom. The molecular weight excluding hydrogens is 396 g/mol. The lowest BCUT2D eigenvalue weighted by Crippen LogP contribution is -2.19. The second-order valence-electron chi connectivity index (χ2n) is 5.58. The third kappa shape index (κ3) is 3.45. The number of fused-ring (bicyclic) bond motifs is 1. The maximum atomic E-state index is 12.0. The number of rotatable bonds is 6. The smallest absolute Gasteiger partial charge is 0.295 e. The standard InChI is InChI=1S/C16H22Br2N2O/c1-4-5-6-7-8-12(17)11-9-14-15(10-13(11)18)20(3)16(21)19(14)2/h9-10,12H,4-8H2,1-3H3. The first-order chi connectivity index (χ1) is 9.97. The SMILES string of the molecule is CCCCCCC(Br)c1cc2c(cc1Br)n(C)c(=O)n2C. The molecule has 1 unspecified atom stereocenters. The van der Waals surface area contributed by atoms with Gasteiger partial charge in [0.05, 0.1) is 11.0 Å². The fourth-order valence-corrected chi connectivity index (χ4v) is 4.30. The van der Waals surface area contributed by atoms with Crippen molar-refractivity contribution in [3.05, 3.63) is 32.7 Å². The zero-order valence-corrected chi connectivity index (χ0v) is 16.0. The number of halogens is 2. The Labute approximate surface area is 142 Å². The van der Waals surface area contributed by atoms with Crippen molar-refractivity contribution in [1.82, 2.24) is 9.13 Å². The van der Waals surface area contributed by atoms with Crippen LogP contribution in [0.5, 0.6) is 0 Å². The highest BCUT2D eigenvalue weighted by molar-refractivity contribution is 9.11. The van der Waals surface area contributed by atoms with Crippen LogP contribution in [0.25, 0.3) is 11.0 Å². The normalized spacial score (nSPS) is 13.0. The molecule has 0 amide bonds. The largest absolute Gasteiger partial charge is 0.328 e. The van der Waals surface area contributed by atoms with Crippen LogP contribution in [0.1, 0.15) is 49.4 Å². The minimum atomic E-state index is 0.0168. The Hall–Kier alpha value is -0.550. The Balaban J connectivity index is 2.30. The third-order valence-corrected chi connectivity index (χ3v) is 5.68. The first-order valence-corrected chi connectivity index (χ1v) is 9.17. The summed E-state index contributed by atoms with van der Waals surface area (Å²) >= 11 is 7.45. The van der Waals surface area contributed by atoms with Gasteiger partial charge in [0.2, 0.25) is 0 Å². The van der Waals surface area contributed by atoms with Gasteiger partial charge in [-0.2, -0.15) is 0 Å². The van der Waals surface area contributed by atoms with Crippen molar-refractivity contribution >= 4 is 42.9 Å². The van der Waals surface area contributed by atoms with Crippen molar-refractivity contribution in [2.24, 2.45) is 14.1 Å². The molecule has 0 spiro atoms. The third-order valence-electron chi connectivity index (χ3n) is 4.04. The number of hydrogen-bond acceptors (Lipinski definition) is 1. The van der Waals surface area contributed by atoms with E-state index in [2.05, 4.69) is 44.8 Å². The van der Waals surface area contributed by atoms with Gasteiger partial charge in [-0.05, 0) is 24.1 Å². The molecule has 1 aromatic carbocycles. The van der Waals surface area contributed by atoms with Crippen LogP contribution in [0.4, 0.5) is 0 Å². The van der Waals surface area contributed by atoms with Crippen LogP contribution >= 0.6 is 31.9 Å². The van der Waals surface area contributed by atoms with Crippen LogP contribution < -0.4 is 5.69 Å². The van der Waals surface area contributed by atoms with Crippen molar-refractivity contribution in [3.63, 3.8) is 0 Å². The lowest BCUT2D eigenvalue weighted by molar-refractivity contribution is 0.629.